The van der Waals surface area contributed by atoms with Crippen LogP contribution in [0.3, 0.4) is 0 Å². The van der Waals surface area contributed by atoms with Crippen molar-refractivity contribution in [2.24, 2.45) is 0 Å². The normalized spacial score (nSPS) is 12.0. The van der Waals surface area contributed by atoms with Crippen LogP contribution in [0.5, 0.6) is 0 Å². The van der Waals surface area contributed by atoms with Crippen molar-refractivity contribution in [2.45, 2.75) is 19.4 Å². The molecule has 0 aromatic carbocycles. The smallest absolute Gasteiger partial charge is 0.223 e. The molecule has 0 aliphatic carbocycles. The van der Waals surface area contributed by atoms with Gasteiger partial charge in [0, 0.05) is 11.8 Å². The Labute approximate surface area is 46.9 Å². The van der Waals surface area contributed by atoms with E-state index in [1.807, 2.05) is 0 Å². The van der Waals surface area contributed by atoms with Gasteiger partial charge >= 0.3 is 0 Å². The van der Waals surface area contributed by atoms with Crippen molar-refractivity contribution < 1.29 is 4.92 Å². The fraction of sp³-hybridized carbons (Fsp3) is 0.750. The average Bonchev–Trinajstić information content (AvgIpc) is 1.67. The van der Waals surface area contributed by atoms with Crippen molar-refractivity contribution in [3.63, 3.8) is 0 Å². The van der Waals surface area contributed by atoms with Crippen LogP contribution in [0.1, 0.15) is 13.3 Å². The third kappa shape index (κ3) is 2.13. The maximum absolute atomic E-state index is 9.74. The molecule has 0 aromatic heterocycles. The maximum Gasteiger partial charge on any atom is 0.223 e. The summed E-state index contributed by atoms with van der Waals surface area (Å²) >= 11 is 0. The van der Waals surface area contributed by atoms with E-state index < -0.39 is 11.0 Å². The van der Waals surface area contributed by atoms with E-state index >= 15 is 0 Å². The van der Waals surface area contributed by atoms with E-state index in [-0.39, 0.29) is 6.42 Å². The largest absolute Gasteiger partial charge is 0.264 e. The molecule has 4 nitrogen and oxygen atoms in total. The minimum atomic E-state index is -0.722. The van der Waals surface area contributed by atoms with Gasteiger partial charge in [0.1, 0.15) is 6.42 Å². The van der Waals surface area contributed by atoms with E-state index in [9.17, 15) is 10.1 Å². The molecule has 0 heterocycles. The van der Waals surface area contributed by atoms with E-state index in [4.69, 9.17) is 5.26 Å². The Hall–Kier alpha value is -1.11. The summed E-state index contributed by atoms with van der Waals surface area (Å²) < 4.78 is 0. The number of hydrogen-bond acceptors (Lipinski definition) is 3. The highest BCUT2D eigenvalue weighted by molar-refractivity contribution is 4.72. The standard InChI is InChI=1S/C4H6N2O2/c1-4(2-3-5)6(7)8/h4H,2H2,1H3. The van der Waals surface area contributed by atoms with E-state index in [1.54, 1.807) is 6.07 Å². The monoisotopic (exact) mass is 114 g/mol. The molecule has 1 unspecified atom stereocenters. The Morgan fingerprint density at radius 2 is 2.50 bits per heavy atom. The van der Waals surface area contributed by atoms with Crippen LogP contribution < -0.4 is 0 Å². The van der Waals surface area contributed by atoms with Gasteiger partial charge < -0.3 is 0 Å². The Kier molecular flexibility index (Phi) is 2.56. The van der Waals surface area contributed by atoms with Crippen LogP contribution in [0.25, 0.3) is 0 Å². The first-order valence-corrected chi connectivity index (χ1v) is 2.19. The Balaban J connectivity index is 3.52. The fourth-order valence-electron chi connectivity index (χ4n) is 0.207. The molecule has 0 fully saturated rings. The Bertz CT molecular complexity index is 126. The SMILES string of the molecule is CC(CC#N)[N+](=O)[O-]. The minimum Gasteiger partial charge on any atom is -0.264 e. The van der Waals surface area contributed by atoms with Crippen LogP contribution in [0.2, 0.25) is 0 Å². The molecule has 0 saturated carbocycles. The summed E-state index contributed by atoms with van der Waals surface area (Å²) in [5, 5.41) is 17.7. The van der Waals surface area contributed by atoms with Crippen LogP contribution in [0.4, 0.5) is 0 Å². The molecular formula is C4H6N2O2. The van der Waals surface area contributed by atoms with Gasteiger partial charge in [-0.15, -0.1) is 0 Å². The predicted molar refractivity (Wildman–Crippen MR) is 26.7 cm³/mol. The van der Waals surface area contributed by atoms with E-state index in [1.165, 1.54) is 6.92 Å². The van der Waals surface area contributed by atoms with Crippen LogP contribution in [0, 0.1) is 21.4 Å². The van der Waals surface area contributed by atoms with Crippen molar-refractivity contribution in [1.29, 1.82) is 5.26 Å². The zero-order valence-corrected chi connectivity index (χ0v) is 4.50. The van der Waals surface area contributed by atoms with Gasteiger partial charge in [-0.1, -0.05) is 0 Å². The molecule has 0 amide bonds. The number of hydrogen-bond donors (Lipinski definition) is 0. The van der Waals surface area contributed by atoms with Gasteiger partial charge in [-0.2, -0.15) is 5.26 Å². The zero-order chi connectivity index (χ0) is 6.57. The lowest BCUT2D eigenvalue weighted by Crippen LogP contribution is -2.13. The molecule has 0 aromatic rings. The molecule has 0 aliphatic heterocycles. The summed E-state index contributed by atoms with van der Waals surface area (Å²) in [5.41, 5.74) is 0. The second-order valence-corrected chi connectivity index (χ2v) is 1.50. The van der Waals surface area contributed by atoms with Crippen molar-refractivity contribution >= 4 is 0 Å². The lowest BCUT2D eigenvalue weighted by molar-refractivity contribution is -0.516. The van der Waals surface area contributed by atoms with Gasteiger partial charge in [-0.05, 0) is 0 Å². The van der Waals surface area contributed by atoms with Gasteiger partial charge in [0.15, 0.2) is 0 Å². The lowest BCUT2D eigenvalue weighted by atomic mass is 10.3. The second-order valence-electron chi connectivity index (χ2n) is 1.50. The second kappa shape index (κ2) is 2.97. The predicted octanol–water partition coefficient (Wildman–Crippen LogP) is 0.565. The van der Waals surface area contributed by atoms with Crippen LogP contribution in [0.15, 0.2) is 0 Å². The molecule has 0 N–H and O–H groups in total. The van der Waals surface area contributed by atoms with Crippen LogP contribution in [-0.2, 0) is 0 Å². The quantitative estimate of drug-likeness (QED) is 0.389. The Morgan fingerprint density at radius 1 is 2.00 bits per heavy atom. The average molecular weight is 114 g/mol. The van der Waals surface area contributed by atoms with Gasteiger partial charge in [0.25, 0.3) is 0 Å². The van der Waals surface area contributed by atoms with Gasteiger partial charge in [0.2, 0.25) is 6.04 Å². The first-order valence-electron chi connectivity index (χ1n) is 2.19. The number of nitrogens with zero attached hydrogens (tertiary/aromatic N) is 2. The molecule has 8 heavy (non-hydrogen) atoms. The molecule has 4 heteroatoms. The van der Waals surface area contributed by atoms with E-state index in [0.29, 0.717) is 0 Å². The topological polar surface area (TPSA) is 66.9 Å². The first-order chi connectivity index (χ1) is 3.68. The van der Waals surface area contributed by atoms with Gasteiger partial charge in [-0.3, -0.25) is 10.1 Å². The van der Waals surface area contributed by atoms with Gasteiger partial charge in [-0.25, -0.2) is 0 Å². The summed E-state index contributed by atoms with van der Waals surface area (Å²) in [5.74, 6) is 0. The number of rotatable bonds is 2. The third-order valence-electron chi connectivity index (χ3n) is 0.747. The summed E-state index contributed by atoms with van der Waals surface area (Å²) in [6.07, 6.45) is -0.00694. The number of nitro groups is 1. The van der Waals surface area contributed by atoms with Crippen molar-refractivity contribution in [3.05, 3.63) is 10.1 Å². The van der Waals surface area contributed by atoms with Crippen LogP contribution >= 0.6 is 0 Å². The Morgan fingerprint density at radius 3 is 2.62 bits per heavy atom. The number of nitriles is 1. The molecule has 0 radical (unpaired) electrons. The fourth-order valence-corrected chi connectivity index (χ4v) is 0.207. The highest BCUT2D eigenvalue weighted by Crippen LogP contribution is 1.91. The van der Waals surface area contributed by atoms with Crippen molar-refractivity contribution in [2.75, 3.05) is 0 Å². The zero-order valence-electron chi connectivity index (χ0n) is 4.50. The molecule has 0 bridgehead atoms. The van der Waals surface area contributed by atoms with E-state index in [0.717, 1.165) is 0 Å². The highest BCUT2D eigenvalue weighted by atomic mass is 16.6. The molecule has 0 rings (SSSR count). The lowest BCUT2D eigenvalue weighted by Gasteiger charge is -1.93. The van der Waals surface area contributed by atoms with E-state index in [2.05, 4.69) is 0 Å². The molecule has 0 aliphatic rings. The molecular weight excluding hydrogens is 108 g/mol. The van der Waals surface area contributed by atoms with Crippen molar-refractivity contribution in [3.8, 4) is 6.07 Å². The van der Waals surface area contributed by atoms with Crippen LogP contribution in [-0.4, -0.2) is 11.0 Å². The molecule has 0 spiro atoms. The summed E-state index contributed by atoms with van der Waals surface area (Å²) in [6, 6.07) is 0.985. The molecule has 0 saturated heterocycles. The van der Waals surface area contributed by atoms with Gasteiger partial charge in [0.05, 0.1) is 6.07 Å². The highest BCUT2D eigenvalue weighted by Gasteiger charge is 2.09. The summed E-state index contributed by atoms with van der Waals surface area (Å²) in [6.45, 7) is 1.41. The maximum atomic E-state index is 9.74. The third-order valence-corrected chi connectivity index (χ3v) is 0.747. The first kappa shape index (κ1) is 6.89. The minimum absolute atomic E-state index is 0.00694. The van der Waals surface area contributed by atoms with Crippen molar-refractivity contribution in [1.82, 2.24) is 0 Å². The molecule has 1 atom stereocenters. The summed E-state index contributed by atoms with van der Waals surface area (Å²) in [4.78, 5) is 9.27. The molecule has 44 valence electrons. The summed E-state index contributed by atoms with van der Waals surface area (Å²) in [7, 11) is 0.